The molecule has 2 heterocycles. The second-order valence-electron chi connectivity index (χ2n) is 4.42. The molecule has 1 amide bonds. The van der Waals surface area contributed by atoms with Gasteiger partial charge in [0, 0.05) is 0 Å². The Morgan fingerprint density at radius 2 is 2.05 bits per heavy atom. The maximum atomic E-state index is 12.2. The van der Waals surface area contributed by atoms with Crippen LogP contribution in [0.15, 0.2) is 30.5 Å². The lowest BCUT2D eigenvalue weighted by atomic mass is 10.3. The van der Waals surface area contributed by atoms with Gasteiger partial charge >= 0.3 is 0 Å². The predicted molar refractivity (Wildman–Crippen MR) is 79.7 cm³/mol. The van der Waals surface area contributed by atoms with E-state index in [0.29, 0.717) is 15.7 Å². The number of rotatable bonds is 3. The highest BCUT2D eigenvalue weighted by atomic mass is 32.1. The standard InChI is InChI=1S/C13H12N6OS/c1-7(12-18-19-13(14)21-12)16-11(20)10-6-15-8-4-2-3-5-9(8)17-10/h2-7H,1H3,(H2,14,19)(H,16,20)/t7-/m0/s1. The van der Waals surface area contributed by atoms with Gasteiger partial charge in [-0.3, -0.25) is 9.78 Å². The number of anilines is 1. The Balaban J connectivity index is 1.80. The van der Waals surface area contributed by atoms with E-state index in [0.717, 1.165) is 5.52 Å². The molecule has 3 rings (SSSR count). The third-order valence-corrected chi connectivity index (χ3v) is 3.79. The summed E-state index contributed by atoms with van der Waals surface area (Å²) in [6.45, 7) is 1.81. The van der Waals surface area contributed by atoms with Crippen molar-refractivity contribution in [1.82, 2.24) is 25.5 Å². The molecule has 0 saturated carbocycles. The second-order valence-corrected chi connectivity index (χ2v) is 5.46. The Morgan fingerprint density at radius 3 is 2.76 bits per heavy atom. The number of nitrogen functional groups attached to an aromatic ring is 1. The first-order valence-electron chi connectivity index (χ1n) is 6.25. The van der Waals surface area contributed by atoms with Gasteiger partial charge in [0.25, 0.3) is 5.91 Å². The summed E-state index contributed by atoms with van der Waals surface area (Å²) >= 11 is 1.24. The van der Waals surface area contributed by atoms with Crippen LogP contribution in [0.25, 0.3) is 11.0 Å². The second kappa shape index (κ2) is 5.41. The highest BCUT2D eigenvalue weighted by Crippen LogP contribution is 2.19. The van der Waals surface area contributed by atoms with Crippen molar-refractivity contribution in [3.8, 4) is 0 Å². The van der Waals surface area contributed by atoms with Crippen LogP contribution in [0, 0.1) is 0 Å². The van der Waals surface area contributed by atoms with E-state index in [1.165, 1.54) is 17.5 Å². The Bertz CT molecular complexity index is 802. The van der Waals surface area contributed by atoms with Gasteiger partial charge in [0.05, 0.1) is 23.3 Å². The molecule has 0 radical (unpaired) electrons. The SMILES string of the molecule is C[C@H](NC(=O)c1cnc2ccccc2n1)c1nnc(N)s1. The molecule has 0 aliphatic heterocycles. The van der Waals surface area contributed by atoms with E-state index in [2.05, 4.69) is 25.5 Å². The van der Waals surface area contributed by atoms with Crippen LogP contribution in [0.3, 0.4) is 0 Å². The molecule has 8 heteroatoms. The molecule has 0 bridgehead atoms. The van der Waals surface area contributed by atoms with E-state index in [-0.39, 0.29) is 17.6 Å². The van der Waals surface area contributed by atoms with Crippen molar-refractivity contribution < 1.29 is 4.79 Å². The van der Waals surface area contributed by atoms with Crippen molar-refractivity contribution in [2.75, 3.05) is 5.73 Å². The number of nitrogens with two attached hydrogens (primary N) is 1. The molecule has 0 aliphatic rings. The van der Waals surface area contributed by atoms with Crippen LogP contribution >= 0.6 is 11.3 Å². The summed E-state index contributed by atoms with van der Waals surface area (Å²) in [6.07, 6.45) is 1.46. The Morgan fingerprint density at radius 1 is 1.29 bits per heavy atom. The van der Waals surface area contributed by atoms with Gasteiger partial charge in [-0.15, -0.1) is 10.2 Å². The summed E-state index contributed by atoms with van der Waals surface area (Å²) in [4.78, 5) is 20.7. The number of aromatic nitrogens is 4. The largest absolute Gasteiger partial charge is 0.374 e. The average molecular weight is 300 g/mol. The van der Waals surface area contributed by atoms with E-state index < -0.39 is 0 Å². The summed E-state index contributed by atoms with van der Waals surface area (Å²) in [5.74, 6) is -0.311. The molecule has 7 nitrogen and oxygen atoms in total. The molecule has 1 atom stereocenters. The van der Waals surface area contributed by atoms with Crippen LogP contribution in [-0.2, 0) is 0 Å². The molecule has 2 aromatic heterocycles. The summed E-state index contributed by atoms with van der Waals surface area (Å²) < 4.78 is 0. The van der Waals surface area contributed by atoms with Gasteiger partial charge in [-0.2, -0.15) is 0 Å². The molecule has 0 aliphatic carbocycles. The Labute approximate surface area is 124 Å². The minimum atomic E-state index is -0.311. The highest BCUT2D eigenvalue weighted by Gasteiger charge is 2.16. The summed E-state index contributed by atoms with van der Waals surface area (Å²) in [6, 6.07) is 7.09. The molecule has 21 heavy (non-hydrogen) atoms. The number of para-hydroxylation sites is 2. The normalized spacial score (nSPS) is 12.2. The van der Waals surface area contributed by atoms with Gasteiger partial charge in [-0.25, -0.2) is 4.98 Å². The molecular weight excluding hydrogens is 288 g/mol. The quantitative estimate of drug-likeness (QED) is 0.760. The first-order valence-corrected chi connectivity index (χ1v) is 7.06. The molecule has 3 N–H and O–H groups in total. The lowest BCUT2D eigenvalue weighted by Crippen LogP contribution is -2.27. The molecule has 1 aromatic carbocycles. The van der Waals surface area contributed by atoms with E-state index in [9.17, 15) is 4.79 Å². The van der Waals surface area contributed by atoms with E-state index in [1.54, 1.807) is 0 Å². The van der Waals surface area contributed by atoms with Crippen molar-refractivity contribution in [3.63, 3.8) is 0 Å². The minimum Gasteiger partial charge on any atom is -0.374 e. The molecule has 3 aromatic rings. The van der Waals surface area contributed by atoms with E-state index >= 15 is 0 Å². The molecule has 0 fully saturated rings. The molecule has 0 unspecified atom stereocenters. The first kappa shape index (κ1) is 13.4. The van der Waals surface area contributed by atoms with Gasteiger partial charge in [-0.05, 0) is 19.1 Å². The number of nitrogens with zero attached hydrogens (tertiary/aromatic N) is 4. The van der Waals surface area contributed by atoms with Crippen molar-refractivity contribution >= 4 is 33.4 Å². The van der Waals surface area contributed by atoms with Crippen molar-refractivity contribution in [3.05, 3.63) is 41.2 Å². The smallest absolute Gasteiger partial charge is 0.272 e. The molecule has 0 spiro atoms. The van der Waals surface area contributed by atoms with Crippen molar-refractivity contribution in [2.24, 2.45) is 0 Å². The Hall–Kier alpha value is -2.61. The third-order valence-electron chi connectivity index (χ3n) is 2.86. The number of hydrogen-bond acceptors (Lipinski definition) is 7. The third kappa shape index (κ3) is 2.79. The van der Waals surface area contributed by atoms with Gasteiger partial charge in [0.2, 0.25) is 5.13 Å². The first-order chi connectivity index (χ1) is 10.1. The monoisotopic (exact) mass is 300 g/mol. The van der Waals surface area contributed by atoms with Crippen LogP contribution in [-0.4, -0.2) is 26.1 Å². The number of fused-ring (bicyclic) bond motifs is 1. The number of hydrogen-bond donors (Lipinski definition) is 2. The Kier molecular flexibility index (Phi) is 3.44. The van der Waals surface area contributed by atoms with Gasteiger partial charge in [-0.1, -0.05) is 23.5 Å². The molecule has 0 saturated heterocycles. The van der Waals surface area contributed by atoms with Crippen LogP contribution in [0.4, 0.5) is 5.13 Å². The van der Waals surface area contributed by atoms with Gasteiger partial charge < -0.3 is 11.1 Å². The minimum absolute atomic E-state index is 0.262. The summed E-state index contributed by atoms with van der Waals surface area (Å²) in [7, 11) is 0. The number of benzene rings is 1. The van der Waals surface area contributed by atoms with Gasteiger partial charge in [0.15, 0.2) is 0 Å². The zero-order chi connectivity index (χ0) is 14.8. The van der Waals surface area contributed by atoms with Crippen LogP contribution in [0.1, 0.15) is 28.5 Å². The summed E-state index contributed by atoms with van der Waals surface area (Å²) in [5, 5.41) is 11.5. The average Bonchev–Trinajstić information content (AvgIpc) is 2.93. The van der Waals surface area contributed by atoms with Gasteiger partial charge in [0.1, 0.15) is 10.7 Å². The van der Waals surface area contributed by atoms with Crippen molar-refractivity contribution in [2.45, 2.75) is 13.0 Å². The zero-order valence-corrected chi connectivity index (χ0v) is 12.0. The zero-order valence-electron chi connectivity index (χ0n) is 11.1. The van der Waals surface area contributed by atoms with Crippen molar-refractivity contribution in [1.29, 1.82) is 0 Å². The number of carbonyl (C=O) groups excluding carboxylic acids is 1. The van der Waals surface area contributed by atoms with Crippen LogP contribution < -0.4 is 11.1 Å². The maximum absolute atomic E-state index is 12.2. The molecule has 106 valence electrons. The van der Waals surface area contributed by atoms with E-state index in [1.807, 2.05) is 31.2 Å². The fraction of sp³-hybridized carbons (Fsp3) is 0.154. The maximum Gasteiger partial charge on any atom is 0.272 e. The lowest BCUT2D eigenvalue weighted by Gasteiger charge is -2.10. The fourth-order valence-corrected chi connectivity index (χ4v) is 2.43. The molecular formula is C13H12N6OS. The van der Waals surface area contributed by atoms with E-state index in [4.69, 9.17) is 5.73 Å². The lowest BCUT2D eigenvalue weighted by molar-refractivity contribution is 0.0934. The topological polar surface area (TPSA) is 107 Å². The fourth-order valence-electron chi connectivity index (χ4n) is 1.82. The van der Waals surface area contributed by atoms with Crippen LogP contribution in [0.2, 0.25) is 0 Å². The number of amides is 1. The summed E-state index contributed by atoms with van der Waals surface area (Å²) in [5.41, 5.74) is 7.22. The predicted octanol–water partition coefficient (Wildman–Crippen LogP) is 1.55. The number of carbonyl (C=O) groups is 1. The number of nitrogens with one attached hydrogen (secondary N) is 1. The van der Waals surface area contributed by atoms with Crippen LogP contribution in [0.5, 0.6) is 0 Å². The highest BCUT2D eigenvalue weighted by molar-refractivity contribution is 7.15.